The summed E-state index contributed by atoms with van der Waals surface area (Å²) in [4.78, 5) is 55.5. The van der Waals surface area contributed by atoms with E-state index >= 15 is 4.39 Å². The number of hydrogen-bond acceptors (Lipinski definition) is 7. The minimum atomic E-state index is -1.05. The minimum absolute atomic E-state index is 0.0166. The lowest BCUT2D eigenvalue weighted by molar-refractivity contribution is -0.136. The third kappa shape index (κ3) is 5.20. The molecule has 10 heteroatoms. The number of halogens is 1. The number of anilines is 1. The number of nitrogens with zero attached hydrogens (tertiary/aromatic N) is 3. The van der Waals surface area contributed by atoms with Crippen molar-refractivity contribution < 1.29 is 23.6 Å². The number of benzene rings is 1. The number of amides is 4. The smallest absolute Gasteiger partial charge is 0.262 e. The summed E-state index contributed by atoms with van der Waals surface area (Å²) in [5.74, 6) is -0.727. The van der Waals surface area contributed by atoms with Crippen LogP contribution in [0, 0.1) is 23.6 Å². The van der Waals surface area contributed by atoms with Crippen LogP contribution in [0.5, 0.6) is 0 Å². The van der Waals surface area contributed by atoms with E-state index in [0.29, 0.717) is 30.6 Å². The summed E-state index contributed by atoms with van der Waals surface area (Å²) in [6.07, 6.45) is 7.14. The van der Waals surface area contributed by atoms with Gasteiger partial charge in [-0.25, -0.2) is 4.39 Å². The average molecular weight is 540 g/mol. The van der Waals surface area contributed by atoms with Crippen molar-refractivity contribution in [2.45, 2.75) is 57.4 Å². The largest absolute Gasteiger partial charge is 0.369 e. The third-order valence-corrected chi connectivity index (χ3v) is 9.66. The second kappa shape index (κ2) is 11.0. The first-order valence-electron chi connectivity index (χ1n) is 14.6. The van der Waals surface area contributed by atoms with E-state index < -0.39 is 35.5 Å². The zero-order valence-electron chi connectivity index (χ0n) is 22.4. The molecule has 0 spiro atoms. The van der Waals surface area contributed by atoms with Crippen molar-refractivity contribution in [1.82, 2.24) is 20.4 Å². The quantitative estimate of drug-likeness (QED) is 0.553. The molecule has 5 aliphatic heterocycles. The monoisotopic (exact) mass is 539 g/mol. The predicted molar refractivity (Wildman–Crippen MR) is 143 cm³/mol. The van der Waals surface area contributed by atoms with Crippen LogP contribution in [0.15, 0.2) is 12.1 Å². The van der Waals surface area contributed by atoms with Crippen LogP contribution in [0.4, 0.5) is 10.1 Å². The molecule has 39 heavy (non-hydrogen) atoms. The van der Waals surface area contributed by atoms with Gasteiger partial charge in [-0.15, -0.1) is 0 Å². The Morgan fingerprint density at radius 3 is 2.05 bits per heavy atom. The fourth-order valence-electron chi connectivity index (χ4n) is 7.37. The summed E-state index contributed by atoms with van der Waals surface area (Å²) in [6, 6.07) is 1.57. The fraction of sp³-hybridized carbons (Fsp3) is 0.655. The Balaban J connectivity index is 1.06. The molecule has 2 N–H and O–H groups in total. The van der Waals surface area contributed by atoms with Crippen molar-refractivity contribution in [2.75, 3.05) is 50.7 Å². The van der Waals surface area contributed by atoms with Crippen molar-refractivity contribution >= 4 is 29.3 Å². The molecule has 0 bridgehead atoms. The zero-order valence-corrected chi connectivity index (χ0v) is 22.4. The zero-order chi connectivity index (χ0) is 27.1. The van der Waals surface area contributed by atoms with Crippen molar-refractivity contribution in [3.8, 4) is 0 Å². The summed E-state index contributed by atoms with van der Waals surface area (Å²) in [5.41, 5.74) is 0.455. The van der Waals surface area contributed by atoms with E-state index in [2.05, 4.69) is 15.5 Å². The van der Waals surface area contributed by atoms with Crippen LogP contribution in [0.25, 0.3) is 0 Å². The van der Waals surface area contributed by atoms with Gasteiger partial charge in [0.05, 0.1) is 16.8 Å². The van der Waals surface area contributed by atoms with Gasteiger partial charge in [0, 0.05) is 26.1 Å². The molecule has 0 aromatic heterocycles. The number of piperidine rings is 4. The first-order chi connectivity index (χ1) is 18.9. The van der Waals surface area contributed by atoms with Crippen LogP contribution >= 0.6 is 0 Å². The van der Waals surface area contributed by atoms with E-state index in [1.54, 1.807) is 0 Å². The van der Waals surface area contributed by atoms with E-state index in [-0.39, 0.29) is 24.0 Å². The number of rotatable bonds is 5. The molecular weight excluding hydrogens is 501 g/mol. The Kier molecular flexibility index (Phi) is 7.41. The SMILES string of the molecule is O=C1CCC(N2C(=O)c3cc(F)c(N4CCC(C5CCN(CC6CCNCC6)CC5)CC4)cc3C2=O)C(=O)N1. The molecule has 4 fully saturated rings. The molecule has 1 atom stereocenters. The molecule has 1 unspecified atom stereocenters. The van der Waals surface area contributed by atoms with E-state index in [0.717, 1.165) is 42.8 Å². The summed E-state index contributed by atoms with van der Waals surface area (Å²) in [5, 5.41) is 5.64. The van der Waals surface area contributed by atoms with Crippen LogP contribution in [-0.4, -0.2) is 85.3 Å². The topological polar surface area (TPSA) is 102 Å². The first kappa shape index (κ1) is 26.4. The highest BCUT2D eigenvalue weighted by Crippen LogP contribution is 2.37. The second-order valence-electron chi connectivity index (χ2n) is 12.0. The van der Waals surface area contributed by atoms with Crippen molar-refractivity contribution in [3.63, 3.8) is 0 Å². The number of nitrogens with one attached hydrogen (secondary N) is 2. The molecular formula is C29H38FN5O4. The van der Waals surface area contributed by atoms with Crippen LogP contribution in [0.3, 0.4) is 0 Å². The lowest BCUT2D eigenvalue weighted by Gasteiger charge is -2.41. The summed E-state index contributed by atoms with van der Waals surface area (Å²) < 4.78 is 15.3. The number of hydrogen-bond donors (Lipinski definition) is 2. The lowest BCUT2D eigenvalue weighted by Crippen LogP contribution is -2.54. The van der Waals surface area contributed by atoms with Crippen LogP contribution in [-0.2, 0) is 9.59 Å². The van der Waals surface area contributed by atoms with Gasteiger partial charge in [0.2, 0.25) is 11.8 Å². The molecule has 4 amide bonds. The molecule has 9 nitrogen and oxygen atoms in total. The van der Waals surface area contributed by atoms with Crippen molar-refractivity contribution in [2.24, 2.45) is 17.8 Å². The molecule has 0 aliphatic carbocycles. The number of carbonyl (C=O) groups is 4. The predicted octanol–water partition coefficient (Wildman–Crippen LogP) is 2.15. The lowest BCUT2D eigenvalue weighted by atomic mass is 9.78. The maximum Gasteiger partial charge on any atom is 0.262 e. The van der Waals surface area contributed by atoms with E-state index in [1.807, 2.05) is 4.90 Å². The van der Waals surface area contributed by atoms with Crippen molar-refractivity contribution in [1.29, 1.82) is 0 Å². The van der Waals surface area contributed by atoms with Crippen LogP contribution < -0.4 is 15.5 Å². The normalized spacial score (nSPS) is 26.3. The molecule has 210 valence electrons. The van der Waals surface area contributed by atoms with Gasteiger partial charge in [0.15, 0.2) is 0 Å². The minimum Gasteiger partial charge on any atom is -0.369 e. The highest BCUT2D eigenvalue weighted by Gasteiger charge is 2.45. The number of carbonyl (C=O) groups excluding carboxylic acids is 4. The van der Waals surface area contributed by atoms with E-state index in [1.165, 1.54) is 51.4 Å². The highest BCUT2D eigenvalue weighted by molar-refractivity contribution is 6.23. The summed E-state index contributed by atoms with van der Waals surface area (Å²) in [7, 11) is 0. The number of likely N-dealkylation sites (tertiary alicyclic amines) is 1. The van der Waals surface area contributed by atoms with Gasteiger partial charge < -0.3 is 15.1 Å². The van der Waals surface area contributed by atoms with Gasteiger partial charge in [-0.05, 0) is 101 Å². The Bertz CT molecular complexity index is 1150. The first-order valence-corrected chi connectivity index (χ1v) is 14.6. The Morgan fingerprint density at radius 2 is 1.41 bits per heavy atom. The fourth-order valence-corrected chi connectivity index (χ4v) is 7.37. The molecule has 1 aromatic carbocycles. The van der Waals surface area contributed by atoms with Gasteiger partial charge in [0.1, 0.15) is 11.9 Å². The number of imide groups is 2. The van der Waals surface area contributed by atoms with E-state index in [4.69, 9.17) is 0 Å². The Morgan fingerprint density at radius 1 is 0.795 bits per heavy atom. The molecule has 6 rings (SSSR count). The average Bonchev–Trinajstić information content (AvgIpc) is 3.18. The molecule has 4 saturated heterocycles. The number of fused-ring (bicyclic) bond motifs is 1. The third-order valence-electron chi connectivity index (χ3n) is 9.66. The van der Waals surface area contributed by atoms with Gasteiger partial charge in [-0.3, -0.25) is 29.4 Å². The second-order valence-corrected chi connectivity index (χ2v) is 12.0. The van der Waals surface area contributed by atoms with Crippen molar-refractivity contribution in [3.05, 3.63) is 29.1 Å². The molecule has 5 heterocycles. The standard InChI is InChI=1S/C29H38FN5O4/c30-23-15-21-22(29(39)35(28(21)38)24-1-2-26(36)32-27(24)37)16-25(23)34-13-7-20(8-14-34)19-5-11-33(12-6-19)17-18-3-9-31-10-4-18/h15-16,18-20,24,31H,1-14,17H2,(H,32,36,37). The summed E-state index contributed by atoms with van der Waals surface area (Å²) >= 11 is 0. The molecule has 5 aliphatic rings. The van der Waals surface area contributed by atoms with Gasteiger partial charge in [-0.2, -0.15) is 0 Å². The van der Waals surface area contributed by atoms with E-state index in [9.17, 15) is 19.2 Å². The van der Waals surface area contributed by atoms with Crippen LogP contribution in [0.1, 0.15) is 72.1 Å². The summed E-state index contributed by atoms with van der Waals surface area (Å²) in [6.45, 7) is 7.30. The molecule has 0 radical (unpaired) electrons. The maximum atomic E-state index is 15.3. The van der Waals surface area contributed by atoms with Gasteiger partial charge in [0.25, 0.3) is 11.8 Å². The maximum absolute atomic E-state index is 15.3. The molecule has 1 aromatic rings. The Labute approximate surface area is 228 Å². The molecule has 0 saturated carbocycles. The Hall–Kier alpha value is -2.85. The highest BCUT2D eigenvalue weighted by atomic mass is 19.1. The van der Waals surface area contributed by atoms with Gasteiger partial charge in [-0.1, -0.05) is 0 Å². The van der Waals surface area contributed by atoms with Crippen LogP contribution in [0.2, 0.25) is 0 Å². The van der Waals surface area contributed by atoms with Gasteiger partial charge >= 0.3 is 0 Å².